The fourth-order valence-corrected chi connectivity index (χ4v) is 3.49. The van der Waals surface area contributed by atoms with Crippen molar-refractivity contribution in [3.8, 4) is 5.75 Å². The number of hydrazine groups is 1. The molecule has 0 atom stereocenters. The van der Waals surface area contributed by atoms with Gasteiger partial charge in [-0.3, -0.25) is 30.6 Å². The molecule has 0 heterocycles. The molecule has 8 nitrogen and oxygen atoms in total. The second-order valence-corrected chi connectivity index (χ2v) is 9.64. The Morgan fingerprint density at radius 2 is 1.71 bits per heavy atom. The summed E-state index contributed by atoms with van der Waals surface area (Å²) >= 11 is 8.51. The van der Waals surface area contributed by atoms with Gasteiger partial charge in [0.15, 0.2) is 5.11 Å². The molecular weight excluding hydrogens is 520 g/mol. The van der Waals surface area contributed by atoms with Crippen molar-refractivity contribution >= 4 is 56.7 Å². The number of hydrogen-bond donors (Lipinski definition) is 4. The molecule has 34 heavy (non-hydrogen) atoms. The molecule has 0 unspecified atom stereocenters. The number of nitrogens with one attached hydrogen (secondary N) is 4. The highest BCUT2D eigenvalue weighted by Crippen LogP contribution is 2.30. The van der Waals surface area contributed by atoms with E-state index in [1.807, 2.05) is 0 Å². The zero-order valence-electron chi connectivity index (χ0n) is 18.9. The number of anilines is 1. The number of ether oxygens (including phenoxy) is 1. The summed E-state index contributed by atoms with van der Waals surface area (Å²) in [6.07, 6.45) is 2.77. The summed E-state index contributed by atoms with van der Waals surface area (Å²) in [5.74, 6) is 0.421. The number of carbonyl (C=O) groups excluding carboxylic acids is 3. The van der Waals surface area contributed by atoms with E-state index in [1.54, 1.807) is 42.5 Å². The molecule has 1 aliphatic rings. The van der Waals surface area contributed by atoms with Gasteiger partial charge in [-0.1, -0.05) is 13.8 Å². The normalized spacial score (nSPS) is 12.6. The third-order valence-corrected chi connectivity index (χ3v) is 5.85. The van der Waals surface area contributed by atoms with Gasteiger partial charge in [-0.25, -0.2) is 0 Å². The maximum Gasteiger partial charge on any atom is 0.269 e. The fourth-order valence-electron chi connectivity index (χ4n) is 2.85. The van der Waals surface area contributed by atoms with Crippen LogP contribution in [0.4, 0.5) is 5.69 Å². The van der Waals surface area contributed by atoms with Crippen LogP contribution in [-0.4, -0.2) is 29.4 Å². The Labute approximate surface area is 212 Å². The van der Waals surface area contributed by atoms with Crippen molar-refractivity contribution in [3.05, 3.63) is 58.1 Å². The molecule has 0 aromatic heterocycles. The summed E-state index contributed by atoms with van der Waals surface area (Å²) < 4.78 is 6.38. The lowest BCUT2D eigenvalue weighted by Crippen LogP contribution is -2.48. The lowest BCUT2D eigenvalue weighted by Gasteiger charge is -2.13. The van der Waals surface area contributed by atoms with Crippen LogP contribution in [0.15, 0.2) is 46.9 Å². The maximum atomic E-state index is 12.5. The van der Waals surface area contributed by atoms with Crippen molar-refractivity contribution in [2.45, 2.75) is 33.1 Å². The fraction of sp³-hybridized carbons (Fsp3) is 0.333. The quantitative estimate of drug-likeness (QED) is 0.292. The number of thiocarbonyl (C=S) groups is 1. The second kappa shape index (κ2) is 11.9. The maximum absolute atomic E-state index is 12.5. The number of hydrogen-bond acceptors (Lipinski definition) is 5. The standard InChI is InChI=1S/C24H27BrN4O4S/c1-14(2)11-12-33-20-10-7-17(13-19(20)25)22(31)27-24(34)29-28-23(32)16-5-8-18(9-6-16)26-21(30)15-3-4-15/h5-10,13-15H,3-4,11-12H2,1-2H3,(H,26,30)(H,28,32)(H2,27,29,31,34). The summed E-state index contributed by atoms with van der Waals surface area (Å²) in [5, 5.41) is 5.27. The Hall–Kier alpha value is -2.98. The van der Waals surface area contributed by atoms with Crippen molar-refractivity contribution in [3.63, 3.8) is 0 Å². The van der Waals surface area contributed by atoms with E-state index in [9.17, 15) is 14.4 Å². The minimum absolute atomic E-state index is 0.000260. The number of carbonyl (C=O) groups is 3. The molecule has 0 radical (unpaired) electrons. The van der Waals surface area contributed by atoms with Crippen LogP contribution in [0.25, 0.3) is 0 Å². The molecule has 0 bridgehead atoms. The highest BCUT2D eigenvalue weighted by molar-refractivity contribution is 9.10. The topological polar surface area (TPSA) is 109 Å². The van der Waals surface area contributed by atoms with E-state index in [2.05, 4.69) is 51.3 Å². The molecule has 0 spiro atoms. The zero-order valence-corrected chi connectivity index (χ0v) is 21.3. The molecule has 2 aromatic rings. The van der Waals surface area contributed by atoms with E-state index in [0.29, 0.717) is 39.6 Å². The lowest BCUT2D eigenvalue weighted by atomic mass is 10.1. The number of amides is 3. The highest BCUT2D eigenvalue weighted by Gasteiger charge is 2.29. The third-order valence-electron chi connectivity index (χ3n) is 5.03. The molecule has 0 saturated heterocycles. The van der Waals surface area contributed by atoms with Crippen molar-refractivity contribution in [1.29, 1.82) is 0 Å². The van der Waals surface area contributed by atoms with Gasteiger partial charge in [0.1, 0.15) is 5.75 Å². The largest absolute Gasteiger partial charge is 0.492 e. The Bertz CT molecular complexity index is 1070. The van der Waals surface area contributed by atoms with Crippen LogP contribution in [0, 0.1) is 11.8 Å². The van der Waals surface area contributed by atoms with Gasteiger partial charge < -0.3 is 10.1 Å². The van der Waals surface area contributed by atoms with Crippen LogP contribution in [-0.2, 0) is 4.79 Å². The van der Waals surface area contributed by atoms with Gasteiger partial charge in [-0.15, -0.1) is 0 Å². The van der Waals surface area contributed by atoms with Crippen LogP contribution in [0.2, 0.25) is 0 Å². The monoisotopic (exact) mass is 546 g/mol. The summed E-state index contributed by atoms with van der Waals surface area (Å²) in [4.78, 5) is 36.6. The molecule has 4 N–H and O–H groups in total. The van der Waals surface area contributed by atoms with Gasteiger partial charge in [-0.2, -0.15) is 0 Å². The molecule has 1 aliphatic carbocycles. The van der Waals surface area contributed by atoms with Crippen LogP contribution in [0.3, 0.4) is 0 Å². The average molecular weight is 547 g/mol. The number of benzene rings is 2. The smallest absolute Gasteiger partial charge is 0.269 e. The Morgan fingerprint density at radius 1 is 1.03 bits per heavy atom. The van der Waals surface area contributed by atoms with E-state index in [4.69, 9.17) is 17.0 Å². The zero-order chi connectivity index (χ0) is 24.7. The predicted molar refractivity (Wildman–Crippen MR) is 138 cm³/mol. The third kappa shape index (κ3) is 7.81. The van der Waals surface area contributed by atoms with Gasteiger partial charge >= 0.3 is 0 Å². The predicted octanol–water partition coefficient (Wildman–Crippen LogP) is 4.17. The summed E-state index contributed by atoms with van der Waals surface area (Å²) in [6.45, 7) is 4.84. The van der Waals surface area contributed by atoms with Crippen LogP contribution >= 0.6 is 28.1 Å². The van der Waals surface area contributed by atoms with Gasteiger partial charge in [0.05, 0.1) is 11.1 Å². The van der Waals surface area contributed by atoms with Crippen LogP contribution in [0.1, 0.15) is 53.8 Å². The first-order chi connectivity index (χ1) is 16.2. The van der Waals surface area contributed by atoms with Crippen LogP contribution < -0.4 is 26.2 Å². The Kier molecular flexibility index (Phi) is 9.00. The summed E-state index contributed by atoms with van der Waals surface area (Å²) in [5.41, 5.74) is 6.32. The Morgan fingerprint density at radius 3 is 2.32 bits per heavy atom. The Balaban J connectivity index is 1.44. The van der Waals surface area contributed by atoms with Gasteiger partial charge in [0.25, 0.3) is 11.8 Å². The van der Waals surface area contributed by atoms with Crippen LogP contribution in [0.5, 0.6) is 5.75 Å². The molecule has 1 fully saturated rings. The first kappa shape index (κ1) is 25.6. The first-order valence-corrected chi connectivity index (χ1v) is 12.2. The molecule has 2 aromatic carbocycles. The van der Waals surface area contributed by atoms with E-state index in [1.165, 1.54) is 0 Å². The second-order valence-electron chi connectivity index (χ2n) is 8.38. The minimum atomic E-state index is -0.442. The van der Waals surface area contributed by atoms with Crippen molar-refractivity contribution in [1.82, 2.24) is 16.2 Å². The molecule has 3 amide bonds. The number of rotatable bonds is 8. The molecule has 0 aliphatic heterocycles. The van der Waals surface area contributed by atoms with Crippen molar-refractivity contribution < 1.29 is 19.1 Å². The average Bonchev–Trinajstić information content (AvgIpc) is 3.64. The lowest BCUT2D eigenvalue weighted by molar-refractivity contribution is -0.117. The van der Waals surface area contributed by atoms with Crippen molar-refractivity contribution in [2.75, 3.05) is 11.9 Å². The highest BCUT2D eigenvalue weighted by atomic mass is 79.9. The molecule has 1 saturated carbocycles. The van der Waals surface area contributed by atoms with Gasteiger partial charge in [-0.05, 0) is 95.8 Å². The molecule has 10 heteroatoms. The first-order valence-electron chi connectivity index (χ1n) is 11.0. The molecule has 3 rings (SSSR count). The molecule has 180 valence electrons. The SMILES string of the molecule is CC(C)CCOc1ccc(C(=O)NC(=S)NNC(=O)c2ccc(NC(=O)C3CC3)cc2)cc1Br. The van der Waals surface area contributed by atoms with Gasteiger partial charge in [0.2, 0.25) is 5.91 Å². The number of halogens is 1. The van der Waals surface area contributed by atoms with Gasteiger partial charge in [0, 0.05) is 22.7 Å². The van der Waals surface area contributed by atoms with E-state index >= 15 is 0 Å². The van der Waals surface area contributed by atoms with Crippen molar-refractivity contribution in [2.24, 2.45) is 11.8 Å². The minimum Gasteiger partial charge on any atom is -0.492 e. The summed E-state index contributed by atoms with van der Waals surface area (Å²) in [7, 11) is 0. The van der Waals surface area contributed by atoms with E-state index in [-0.39, 0.29) is 16.9 Å². The van der Waals surface area contributed by atoms with E-state index < -0.39 is 11.8 Å². The summed E-state index contributed by atoms with van der Waals surface area (Å²) in [6, 6.07) is 11.5. The van der Waals surface area contributed by atoms with E-state index in [0.717, 1.165) is 19.3 Å². The molecular formula is C24H27BrN4O4S.